The maximum absolute atomic E-state index is 13.1. The van der Waals surface area contributed by atoms with Gasteiger partial charge in [0.15, 0.2) is 0 Å². The third-order valence-corrected chi connectivity index (χ3v) is 6.24. The van der Waals surface area contributed by atoms with Crippen molar-refractivity contribution in [2.24, 2.45) is 0 Å². The number of carbonyl (C=O) groups is 1. The van der Waals surface area contributed by atoms with Crippen molar-refractivity contribution in [2.45, 2.75) is 6.42 Å². The molecular formula is C24H19FN4OS. The van der Waals surface area contributed by atoms with E-state index in [1.807, 2.05) is 22.5 Å². The summed E-state index contributed by atoms with van der Waals surface area (Å²) in [6, 6.07) is 10.2. The summed E-state index contributed by atoms with van der Waals surface area (Å²) in [5.41, 5.74) is 4.84. The molecule has 0 radical (unpaired) electrons. The topological polar surface area (TPSA) is 61.9 Å². The summed E-state index contributed by atoms with van der Waals surface area (Å²) < 4.78 is 13.1. The van der Waals surface area contributed by atoms with Crippen LogP contribution in [-0.4, -0.2) is 38.8 Å². The van der Waals surface area contributed by atoms with Gasteiger partial charge in [0.05, 0.1) is 5.69 Å². The van der Waals surface area contributed by atoms with Crippen molar-refractivity contribution in [2.75, 3.05) is 13.1 Å². The number of thiazole rings is 1. The van der Waals surface area contributed by atoms with E-state index in [0.29, 0.717) is 13.1 Å². The maximum Gasteiger partial charge on any atom is 0.246 e. The Kier molecular flexibility index (Phi) is 5.18. The van der Waals surface area contributed by atoms with Crippen LogP contribution in [0.2, 0.25) is 0 Å². The quantitative estimate of drug-likeness (QED) is 0.455. The number of halogens is 1. The second kappa shape index (κ2) is 8.28. The smallest absolute Gasteiger partial charge is 0.246 e. The van der Waals surface area contributed by atoms with E-state index in [0.717, 1.165) is 39.3 Å². The summed E-state index contributed by atoms with van der Waals surface area (Å²) in [5.74, 6) is -0.307. The number of benzene rings is 1. The van der Waals surface area contributed by atoms with Crippen LogP contribution in [-0.2, 0) is 4.79 Å². The molecule has 0 bridgehead atoms. The van der Waals surface area contributed by atoms with E-state index >= 15 is 0 Å². The number of aromatic nitrogens is 3. The van der Waals surface area contributed by atoms with E-state index in [9.17, 15) is 9.18 Å². The highest BCUT2D eigenvalue weighted by molar-refractivity contribution is 7.13. The van der Waals surface area contributed by atoms with Crippen LogP contribution in [0.1, 0.15) is 17.7 Å². The highest BCUT2D eigenvalue weighted by atomic mass is 32.1. The number of hydrogen-bond acceptors (Lipinski definition) is 4. The average molecular weight is 431 g/mol. The molecule has 1 aliphatic heterocycles. The van der Waals surface area contributed by atoms with Crippen LogP contribution in [0.3, 0.4) is 0 Å². The normalized spacial score (nSPS) is 14.4. The number of hydrogen-bond donors (Lipinski definition) is 1. The van der Waals surface area contributed by atoms with Gasteiger partial charge in [-0.2, -0.15) is 0 Å². The highest BCUT2D eigenvalue weighted by Gasteiger charge is 2.18. The molecule has 0 aliphatic carbocycles. The first-order valence-electron chi connectivity index (χ1n) is 9.97. The predicted octanol–water partition coefficient (Wildman–Crippen LogP) is 5.15. The van der Waals surface area contributed by atoms with E-state index < -0.39 is 0 Å². The molecular weight excluding hydrogens is 411 g/mol. The van der Waals surface area contributed by atoms with Crippen molar-refractivity contribution < 1.29 is 9.18 Å². The number of nitrogens with zero attached hydrogens (tertiary/aromatic N) is 3. The Bertz CT molecular complexity index is 1300. The Morgan fingerprint density at radius 3 is 2.90 bits per heavy atom. The van der Waals surface area contributed by atoms with Gasteiger partial charge in [-0.15, -0.1) is 11.3 Å². The molecule has 5 rings (SSSR count). The fourth-order valence-electron chi connectivity index (χ4n) is 3.69. The van der Waals surface area contributed by atoms with Crippen molar-refractivity contribution in [3.8, 4) is 10.6 Å². The Morgan fingerprint density at radius 1 is 1.23 bits per heavy atom. The van der Waals surface area contributed by atoms with Gasteiger partial charge in [0.1, 0.15) is 16.5 Å². The van der Waals surface area contributed by atoms with Crippen LogP contribution in [0.4, 0.5) is 4.39 Å². The monoisotopic (exact) mass is 430 g/mol. The molecule has 0 saturated heterocycles. The fourth-order valence-corrected chi connectivity index (χ4v) is 4.48. The zero-order chi connectivity index (χ0) is 21.2. The lowest BCUT2D eigenvalue weighted by Crippen LogP contribution is -2.33. The minimum absolute atomic E-state index is 0.0350. The lowest BCUT2D eigenvalue weighted by molar-refractivity contribution is -0.125. The molecule has 1 aliphatic rings. The van der Waals surface area contributed by atoms with Gasteiger partial charge in [0.2, 0.25) is 5.91 Å². The first kappa shape index (κ1) is 19.4. The summed E-state index contributed by atoms with van der Waals surface area (Å²) >= 11 is 1.47. The SMILES string of the molecule is O=C(/C=C\c1csc(-c2ccc(F)cc2)n1)N1CC=C(c2c[nH]c3ncccc23)CC1. The zero-order valence-electron chi connectivity index (χ0n) is 16.6. The van der Waals surface area contributed by atoms with Crippen LogP contribution >= 0.6 is 11.3 Å². The third kappa shape index (κ3) is 4.04. The van der Waals surface area contributed by atoms with Gasteiger partial charge in [-0.05, 0) is 54.5 Å². The van der Waals surface area contributed by atoms with Gasteiger partial charge < -0.3 is 9.88 Å². The van der Waals surface area contributed by atoms with Gasteiger partial charge in [0.25, 0.3) is 0 Å². The largest absolute Gasteiger partial charge is 0.346 e. The molecule has 1 N–H and O–H groups in total. The minimum Gasteiger partial charge on any atom is -0.346 e. The molecule has 0 saturated carbocycles. The standard InChI is InChI=1S/C24H19FN4OS/c25-18-5-3-17(4-6-18)24-28-19(15-31-24)7-8-22(30)29-12-9-16(10-13-29)21-14-27-23-20(21)2-1-11-26-23/h1-9,11,14-15H,10,12-13H2,(H,26,27)/b8-7-. The number of rotatable bonds is 4. The van der Waals surface area contributed by atoms with E-state index in [1.165, 1.54) is 29.0 Å². The molecule has 3 aromatic heterocycles. The molecule has 154 valence electrons. The van der Waals surface area contributed by atoms with Crippen LogP contribution in [0.25, 0.3) is 33.3 Å². The molecule has 5 nitrogen and oxygen atoms in total. The van der Waals surface area contributed by atoms with E-state index in [1.54, 1.807) is 30.5 Å². The number of nitrogens with one attached hydrogen (secondary N) is 1. The van der Waals surface area contributed by atoms with Crippen molar-refractivity contribution in [3.63, 3.8) is 0 Å². The average Bonchev–Trinajstić information content (AvgIpc) is 3.45. The molecule has 4 aromatic rings. The van der Waals surface area contributed by atoms with Crippen molar-refractivity contribution >= 4 is 39.9 Å². The minimum atomic E-state index is -0.272. The van der Waals surface area contributed by atoms with Gasteiger partial charge in [-0.1, -0.05) is 6.08 Å². The lowest BCUT2D eigenvalue weighted by atomic mass is 9.99. The molecule has 1 amide bonds. The molecule has 0 spiro atoms. The molecule has 0 unspecified atom stereocenters. The first-order valence-corrected chi connectivity index (χ1v) is 10.9. The number of carbonyl (C=O) groups excluding carboxylic acids is 1. The van der Waals surface area contributed by atoms with Gasteiger partial charge in [-0.25, -0.2) is 14.4 Å². The number of amides is 1. The molecule has 4 heterocycles. The van der Waals surface area contributed by atoms with Gasteiger partial charge in [-0.3, -0.25) is 4.79 Å². The Hall–Kier alpha value is -3.58. The second-order valence-electron chi connectivity index (χ2n) is 7.28. The number of fused-ring (bicyclic) bond motifs is 1. The van der Waals surface area contributed by atoms with Crippen LogP contribution < -0.4 is 0 Å². The Labute approximate surface area is 182 Å². The number of pyridine rings is 1. The predicted molar refractivity (Wildman–Crippen MR) is 122 cm³/mol. The molecule has 0 fully saturated rings. The number of aromatic amines is 1. The Balaban J connectivity index is 1.25. The summed E-state index contributed by atoms with van der Waals surface area (Å²) in [6.45, 7) is 1.24. The summed E-state index contributed by atoms with van der Waals surface area (Å²) in [5, 5.41) is 3.79. The number of H-pyrrole nitrogens is 1. The van der Waals surface area contributed by atoms with Gasteiger partial charge >= 0.3 is 0 Å². The summed E-state index contributed by atoms with van der Waals surface area (Å²) in [4.78, 5) is 26.5. The van der Waals surface area contributed by atoms with Crippen LogP contribution in [0, 0.1) is 5.82 Å². The fraction of sp³-hybridized carbons (Fsp3) is 0.125. The second-order valence-corrected chi connectivity index (χ2v) is 8.14. The van der Waals surface area contributed by atoms with E-state index in [2.05, 4.69) is 27.1 Å². The van der Waals surface area contributed by atoms with Crippen molar-refractivity contribution in [1.82, 2.24) is 19.9 Å². The van der Waals surface area contributed by atoms with Crippen LogP contribution in [0.5, 0.6) is 0 Å². The molecule has 31 heavy (non-hydrogen) atoms. The Morgan fingerprint density at radius 2 is 2.10 bits per heavy atom. The van der Waals surface area contributed by atoms with E-state index in [-0.39, 0.29) is 11.7 Å². The summed E-state index contributed by atoms with van der Waals surface area (Å²) in [7, 11) is 0. The molecule has 1 aromatic carbocycles. The van der Waals surface area contributed by atoms with Gasteiger partial charge in [0, 0.05) is 53.5 Å². The molecule has 0 atom stereocenters. The zero-order valence-corrected chi connectivity index (χ0v) is 17.4. The lowest BCUT2D eigenvalue weighted by Gasteiger charge is -2.25. The first-order chi connectivity index (χ1) is 15.2. The van der Waals surface area contributed by atoms with Crippen molar-refractivity contribution in [1.29, 1.82) is 0 Å². The summed E-state index contributed by atoms with van der Waals surface area (Å²) in [6.07, 6.45) is 9.97. The third-order valence-electron chi connectivity index (χ3n) is 5.33. The molecule has 7 heteroatoms. The van der Waals surface area contributed by atoms with E-state index in [4.69, 9.17) is 0 Å². The van der Waals surface area contributed by atoms with Crippen molar-refractivity contribution in [3.05, 3.63) is 83.4 Å². The highest BCUT2D eigenvalue weighted by Crippen LogP contribution is 2.28. The van der Waals surface area contributed by atoms with Crippen LogP contribution in [0.15, 0.2) is 66.3 Å². The maximum atomic E-state index is 13.1.